The van der Waals surface area contributed by atoms with E-state index in [0.717, 1.165) is 27.7 Å². The minimum absolute atomic E-state index is 0.853. The SMILES string of the molecule is CC(=O)N[C@H]1[C@H](O[C@H]2[C@@H](O)[C@@H](CO[C@@H]3O[C@H](CO)[C@@H](O[C@@H]4O[C@H](CO)[C@H](O)[C@H](O)[C@H]4O[C@@H]4O[C@@H](C)[C@@H](O)[C@@H](O)[C@@H]4O)[C@H](O[C@@H]4O[C@@H](C)[C@@H](O)[C@@H](O)[C@@H]4O)[C@H]3NC(C)=O)O[C@@H](O[C@@H]([C@H](O)[C@@H](O)CO)[C@H](O)CO)[C@@H]2O)O[C@H](CO)[C@@H](O[C@@H]2O[C@H](CO[C@]3(C(=O)O)C[C@H](OC(C)=O)[C@@H](NC(C)=O)[C@H]([C@H](O)[C@H](O)CO)O3)[C@H](O)[C@H](O)[C@H]2O)[C@@H]1O. The quantitative estimate of drug-likeness (QED) is 0.0266. The highest BCUT2D eigenvalue weighted by Gasteiger charge is 2.62. The molecule has 8 aliphatic rings. The number of carboxylic acids is 1. The maximum absolute atomic E-state index is 13.5. The standard InChI is InChI=1S/C65H109N3O48/c1-16-34(82)42(90)46(94)59(102-16)113-54-33(68-20(5)77)57(106-28(13-74)52(54)112-63-56(45(93)38(86)26(11-72)105-63)115-60-47(95)43(91)35(83)17(2)103-60)100-14-29-40(88)55(49(97)62(108-29)110-50(24(81)10-71)36(84)22(79)8-69)114-58-32(67-19(4)76)41(89)51(27(12-73)107-58)111-61-48(96)44(92)39(87)30(109-61)15-101-65(64(98)99)7-25(104-21(6)78)31(66-18(3)75)53(116-65)37(85)23(80)9-70/h16-17,22-63,69-74,79-97H,7-15H2,1-6H3,(H,66,75)(H,67,76)(H,68,77)(H,98,99)/t16-,17-,22-,23+,24+,25-,26+,27+,28+,29+,30+,31+,32+,33+,34+,35+,36+,37+,38-,39-,40-,41+,42+,43+,44-,45-,46-,47-,48+,49+,50+,51+,52+,53+,54+,55-,56+,57+,58-,59-,60-,61-,62-,63-,65+/m0/s1. The monoisotopic (exact) mass is 1700 g/mol. The van der Waals surface area contributed by atoms with Gasteiger partial charge in [0.05, 0.1) is 77.5 Å². The van der Waals surface area contributed by atoms with Crippen molar-refractivity contribution in [3.63, 3.8) is 0 Å². The van der Waals surface area contributed by atoms with Gasteiger partial charge in [-0.25, -0.2) is 4.79 Å². The Morgan fingerprint density at radius 1 is 0.405 bits per heavy atom. The van der Waals surface area contributed by atoms with Crippen LogP contribution in [0.4, 0.5) is 0 Å². The minimum atomic E-state index is -3.12. The number of carboxylic acid groups (broad SMARTS) is 1. The molecule has 0 aromatic rings. The highest BCUT2D eigenvalue weighted by Crippen LogP contribution is 2.41. The molecular weight excluding hydrogens is 1590 g/mol. The summed E-state index contributed by atoms with van der Waals surface area (Å²) >= 11 is 0. The predicted octanol–water partition coefficient (Wildman–Crippen LogP) is -18.7. The van der Waals surface area contributed by atoms with E-state index in [1.807, 2.05) is 0 Å². The van der Waals surface area contributed by atoms with E-state index in [-0.39, 0.29) is 0 Å². The highest BCUT2D eigenvalue weighted by molar-refractivity contribution is 5.77. The summed E-state index contributed by atoms with van der Waals surface area (Å²) in [7, 11) is 0. The van der Waals surface area contributed by atoms with Gasteiger partial charge in [0, 0.05) is 27.7 Å². The molecule has 8 heterocycles. The lowest BCUT2D eigenvalue weighted by Gasteiger charge is -2.51. The van der Waals surface area contributed by atoms with Crippen molar-refractivity contribution < 1.29 is 237 Å². The van der Waals surface area contributed by atoms with Gasteiger partial charge in [-0.2, -0.15) is 0 Å². The Morgan fingerprint density at radius 2 is 0.845 bits per heavy atom. The molecule has 45 atom stereocenters. The lowest BCUT2D eigenvalue weighted by molar-refractivity contribution is -0.395. The number of carbonyl (C=O) groups excluding carboxylic acids is 4. The van der Waals surface area contributed by atoms with E-state index >= 15 is 0 Å². The molecule has 0 unspecified atom stereocenters. The summed E-state index contributed by atoms with van der Waals surface area (Å²) in [5, 5.41) is 293. The van der Waals surface area contributed by atoms with Gasteiger partial charge >= 0.3 is 11.9 Å². The van der Waals surface area contributed by atoms with Gasteiger partial charge in [0.15, 0.2) is 44.0 Å². The largest absolute Gasteiger partial charge is 0.477 e. The molecule has 0 aliphatic carbocycles. The number of rotatable bonds is 34. The number of aliphatic hydroxyl groups excluding tert-OH is 25. The Balaban J connectivity index is 1.11. The van der Waals surface area contributed by atoms with Crippen molar-refractivity contribution in [3.8, 4) is 0 Å². The van der Waals surface area contributed by atoms with Crippen LogP contribution in [0.1, 0.15) is 48.0 Å². The summed E-state index contributed by atoms with van der Waals surface area (Å²) in [4.78, 5) is 64.6. The van der Waals surface area contributed by atoms with Crippen LogP contribution in [-0.2, 0) is 104 Å². The van der Waals surface area contributed by atoms with E-state index in [9.17, 15) is 157 Å². The minimum Gasteiger partial charge on any atom is -0.477 e. The van der Waals surface area contributed by atoms with Crippen LogP contribution in [0.25, 0.3) is 0 Å². The van der Waals surface area contributed by atoms with Crippen molar-refractivity contribution in [1.82, 2.24) is 16.0 Å². The number of aliphatic hydroxyl groups is 25. The van der Waals surface area contributed by atoms with Crippen LogP contribution in [0.2, 0.25) is 0 Å². The average Bonchev–Trinajstić information content (AvgIpc) is 0.741. The van der Waals surface area contributed by atoms with Gasteiger partial charge in [-0.05, 0) is 13.8 Å². The number of carbonyl (C=O) groups is 5. The van der Waals surface area contributed by atoms with Crippen LogP contribution >= 0.6 is 0 Å². The van der Waals surface area contributed by atoms with Crippen LogP contribution < -0.4 is 16.0 Å². The number of aliphatic carboxylic acids is 1. The molecule has 672 valence electrons. The van der Waals surface area contributed by atoms with Gasteiger partial charge < -0.3 is 229 Å². The number of esters is 1. The van der Waals surface area contributed by atoms with E-state index in [1.165, 1.54) is 13.8 Å². The van der Waals surface area contributed by atoms with Crippen LogP contribution in [-0.4, -0.2) is 491 Å². The maximum Gasteiger partial charge on any atom is 0.364 e. The number of hydrogen-bond acceptors (Lipinski definition) is 47. The van der Waals surface area contributed by atoms with Gasteiger partial charge in [-0.15, -0.1) is 0 Å². The number of ether oxygens (including phenoxy) is 17. The van der Waals surface area contributed by atoms with Crippen molar-refractivity contribution in [3.05, 3.63) is 0 Å². The summed E-state index contributed by atoms with van der Waals surface area (Å²) < 4.78 is 101. The van der Waals surface area contributed by atoms with Gasteiger partial charge in [0.2, 0.25) is 17.7 Å². The predicted molar refractivity (Wildman–Crippen MR) is 358 cm³/mol. The molecule has 0 aromatic carbocycles. The second kappa shape index (κ2) is 42.2. The molecule has 8 saturated heterocycles. The molecule has 0 radical (unpaired) electrons. The van der Waals surface area contributed by atoms with E-state index in [2.05, 4.69) is 16.0 Å². The molecule has 29 N–H and O–H groups in total. The lowest BCUT2D eigenvalue weighted by Crippen LogP contribution is -2.71. The van der Waals surface area contributed by atoms with Crippen molar-refractivity contribution in [2.24, 2.45) is 0 Å². The zero-order valence-corrected chi connectivity index (χ0v) is 62.9. The number of hydrogen-bond donors (Lipinski definition) is 29. The summed E-state index contributed by atoms with van der Waals surface area (Å²) in [6.45, 7) is -3.62. The first-order chi connectivity index (χ1) is 54.5. The second-order valence-electron chi connectivity index (χ2n) is 29.2. The fraction of sp³-hybridized carbons (Fsp3) is 0.923. The van der Waals surface area contributed by atoms with Crippen molar-refractivity contribution >= 4 is 29.7 Å². The summed E-state index contributed by atoms with van der Waals surface area (Å²) in [6.07, 6.45) is -88.1. The Bertz CT molecular complexity index is 3110. The summed E-state index contributed by atoms with van der Waals surface area (Å²) in [6, 6.07) is -5.75. The van der Waals surface area contributed by atoms with Crippen molar-refractivity contribution in [1.29, 1.82) is 0 Å². The van der Waals surface area contributed by atoms with Gasteiger partial charge in [0.25, 0.3) is 5.79 Å². The number of nitrogens with one attached hydrogen (secondary N) is 3. The first kappa shape index (κ1) is 97.2. The average molecular weight is 1700 g/mol. The molecule has 3 amide bonds. The van der Waals surface area contributed by atoms with Crippen molar-refractivity contribution in [2.75, 3.05) is 52.9 Å². The fourth-order valence-corrected chi connectivity index (χ4v) is 14.4. The zero-order valence-electron chi connectivity index (χ0n) is 62.9. The van der Waals surface area contributed by atoms with Crippen molar-refractivity contribution in [2.45, 2.75) is 323 Å². The normalized spacial score (nSPS) is 45.3. The molecule has 51 heteroatoms. The number of amides is 3. The fourth-order valence-electron chi connectivity index (χ4n) is 14.4. The van der Waals surface area contributed by atoms with Gasteiger partial charge in [-0.3, -0.25) is 19.2 Å². The molecule has 51 nitrogen and oxygen atoms in total. The Hall–Kier alpha value is -4.29. The van der Waals surface area contributed by atoms with Gasteiger partial charge in [-0.1, -0.05) is 0 Å². The molecule has 8 aliphatic heterocycles. The van der Waals surface area contributed by atoms with E-state index in [0.29, 0.717) is 0 Å². The Morgan fingerprint density at radius 3 is 1.37 bits per heavy atom. The lowest BCUT2D eigenvalue weighted by atomic mass is 9.88. The van der Waals surface area contributed by atoms with Crippen LogP contribution in [0.15, 0.2) is 0 Å². The third kappa shape index (κ3) is 22.0. The van der Waals surface area contributed by atoms with Crippen LogP contribution in [0.5, 0.6) is 0 Å². The first-order valence-corrected chi connectivity index (χ1v) is 36.8. The third-order valence-electron chi connectivity index (χ3n) is 20.8. The molecule has 0 spiro atoms. The van der Waals surface area contributed by atoms with Gasteiger partial charge in [0.1, 0.15) is 207 Å². The molecule has 8 rings (SSSR count). The smallest absolute Gasteiger partial charge is 0.364 e. The maximum atomic E-state index is 13.5. The first-order valence-electron chi connectivity index (χ1n) is 36.8. The summed E-state index contributed by atoms with van der Waals surface area (Å²) in [5.74, 6) is -9.15. The molecular formula is C65H109N3O48. The van der Waals surface area contributed by atoms with Crippen LogP contribution in [0, 0.1) is 0 Å². The highest BCUT2D eigenvalue weighted by atomic mass is 16.8. The molecule has 0 aromatic heterocycles. The molecule has 0 saturated carbocycles. The topological polar surface area (TPSA) is 804 Å². The third-order valence-corrected chi connectivity index (χ3v) is 20.8. The van der Waals surface area contributed by atoms with E-state index in [1.54, 1.807) is 0 Å². The zero-order chi connectivity index (χ0) is 86.3. The molecule has 0 bridgehead atoms. The molecule has 8 fully saturated rings. The van der Waals surface area contributed by atoms with E-state index in [4.69, 9.17) is 80.5 Å². The Labute approximate surface area is 657 Å². The second-order valence-corrected chi connectivity index (χ2v) is 29.2. The Kier molecular flexibility index (Phi) is 35.3. The summed E-state index contributed by atoms with van der Waals surface area (Å²) in [5.41, 5.74) is 0. The van der Waals surface area contributed by atoms with Crippen LogP contribution in [0.3, 0.4) is 0 Å². The van der Waals surface area contributed by atoms with E-state index < -0.39 is 364 Å². The molecule has 116 heavy (non-hydrogen) atoms.